The number of hydrogen-bond donors (Lipinski definition) is 2. The molecule has 0 unspecified atom stereocenters. The third-order valence-corrected chi connectivity index (χ3v) is 5.33. The van der Waals surface area contributed by atoms with Gasteiger partial charge in [-0.2, -0.15) is 5.10 Å². The van der Waals surface area contributed by atoms with Gasteiger partial charge in [-0.15, -0.1) is 0 Å². The molecule has 1 aromatic heterocycles. The third kappa shape index (κ3) is 4.52. The Labute approximate surface area is 193 Å². The second-order valence-electron chi connectivity index (χ2n) is 7.82. The second kappa shape index (κ2) is 9.08. The van der Waals surface area contributed by atoms with E-state index in [0.29, 0.717) is 11.4 Å². The minimum absolute atomic E-state index is 0.140. The van der Waals surface area contributed by atoms with Crippen molar-refractivity contribution in [2.75, 3.05) is 24.4 Å². The molecule has 0 radical (unpaired) electrons. The Bertz CT molecular complexity index is 1360. The van der Waals surface area contributed by atoms with Crippen molar-refractivity contribution < 1.29 is 9.84 Å². The fourth-order valence-electron chi connectivity index (χ4n) is 3.63. The number of aryl methyl sites for hydroxylation is 1. The predicted molar refractivity (Wildman–Crippen MR) is 135 cm³/mol. The molecule has 0 bridgehead atoms. The molecule has 0 saturated heterocycles. The van der Waals surface area contributed by atoms with Crippen LogP contribution in [-0.4, -0.2) is 35.4 Å². The van der Waals surface area contributed by atoms with Crippen molar-refractivity contribution in [1.29, 1.82) is 0 Å². The Kier molecular flexibility index (Phi) is 6.04. The highest BCUT2D eigenvalue weighted by molar-refractivity contribution is 5.94. The van der Waals surface area contributed by atoms with E-state index in [1.54, 1.807) is 24.4 Å². The summed E-state index contributed by atoms with van der Waals surface area (Å²) in [6.45, 7) is 7.61. The van der Waals surface area contributed by atoms with Crippen molar-refractivity contribution >= 4 is 34.3 Å². The highest BCUT2D eigenvalue weighted by Gasteiger charge is 2.14. The van der Waals surface area contributed by atoms with Crippen molar-refractivity contribution in [3.8, 4) is 17.2 Å². The molecule has 0 aliphatic carbocycles. The fourth-order valence-corrected chi connectivity index (χ4v) is 3.63. The van der Waals surface area contributed by atoms with Crippen LogP contribution in [0.2, 0.25) is 0 Å². The zero-order chi connectivity index (χ0) is 23.5. The fraction of sp³-hybridized carbons (Fsp3) is 0.154. The molecule has 4 aromatic rings. The highest BCUT2D eigenvalue weighted by atomic mass is 16.5. The first-order valence-electron chi connectivity index (χ1n) is 10.5. The molecule has 2 N–H and O–H groups in total. The molecule has 1 heterocycles. The van der Waals surface area contributed by atoms with Gasteiger partial charge in [-0.1, -0.05) is 24.8 Å². The number of allylic oxidation sites excluding steroid dienone is 1. The number of fused-ring (bicyclic) bond motifs is 1. The summed E-state index contributed by atoms with van der Waals surface area (Å²) in [6, 6.07) is 19.3. The highest BCUT2D eigenvalue weighted by Crippen LogP contribution is 2.33. The van der Waals surface area contributed by atoms with E-state index in [1.807, 2.05) is 74.1 Å². The van der Waals surface area contributed by atoms with Gasteiger partial charge >= 0.3 is 0 Å². The minimum Gasteiger partial charge on any atom is -0.506 e. The van der Waals surface area contributed by atoms with Gasteiger partial charge in [-0.25, -0.2) is 9.67 Å². The summed E-state index contributed by atoms with van der Waals surface area (Å²) in [6.07, 6.45) is 1.62. The number of phenolic OH excluding ortho intramolecular Hbond substituents is 1. The monoisotopic (exact) mass is 441 g/mol. The summed E-state index contributed by atoms with van der Waals surface area (Å²) >= 11 is 0. The van der Waals surface area contributed by atoms with Crippen LogP contribution >= 0.6 is 0 Å². The molecule has 4 rings (SSSR count). The lowest BCUT2D eigenvalue weighted by Crippen LogP contribution is -2.14. The van der Waals surface area contributed by atoms with E-state index in [0.717, 1.165) is 39.4 Å². The van der Waals surface area contributed by atoms with Crippen molar-refractivity contribution in [3.63, 3.8) is 0 Å². The Hall–Kier alpha value is -4.26. The molecule has 0 fully saturated rings. The number of nitrogens with zero attached hydrogens (tertiary/aromatic N) is 4. The maximum atomic E-state index is 10.6. The van der Waals surface area contributed by atoms with E-state index in [-0.39, 0.29) is 5.75 Å². The number of rotatable bonds is 7. The number of anilines is 3. The molecule has 3 aromatic carbocycles. The Morgan fingerprint density at radius 3 is 2.70 bits per heavy atom. The molecule has 7 nitrogen and oxygen atoms in total. The zero-order valence-electron chi connectivity index (χ0n) is 19.2. The molecule has 0 saturated carbocycles. The molecular weight excluding hydrogens is 414 g/mol. The first-order chi connectivity index (χ1) is 15.9. The van der Waals surface area contributed by atoms with Crippen molar-refractivity contribution in [1.82, 2.24) is 9.78 Å². The number of aromatic nitrogens is 2. The topological polar surface area (TPSA) is 74.9 Å². The number of hydrogen-bond acceptors (Lipinski definition) is 5. The van der Waals surface area contributed by atoms with Gasteiger partial charge in [0, 0.05) is 41.6 Å². The summed E-state index contributed by atoms with van der Waals surface area (Å²) in [5.41, 5.74) is 5.73. The van der Waals surface area contributed by atoms with Gasteiger partial charge in [0.15, 0.2) is 0 Å². The Balaban J connectivity index is 1.67. The Morgan fingerprint density at radius 1 is 1.18 bits per heavy atom. The summed E-state index contributed by atoms with van der Waals surface area (Å²) in [7, 11) is 3.47. The van der Waals surface area contributed by atoms with Gasteiger partial charge in [-0.05, 0) is 44.2 Å². The molecule has 33 heavy (non-hydrogen) atoms. The van der Waals surface area contributed by atoms with Crippen molar-refractivity contribution in [2.45, 2.75) is 13.8 Å². The first-order valence-corrected chi connectivity index (χ1v) is 10.5. The molecular formula is C26H27N5O2. The quantitative estimate of drug-likeness (QED) is 0.280. The number of methoxy groups -OCH3 is 1. The Morgan fingerprint density at radius 2 is 1.97 bits per heavy atom. The van der Waals surface area contributed by atoms with Crippen LogP contribution in [0.1, 0.15) is 12.6 Å². The summed E-state index contributed by atoms with van der Waals surface area (Å²) in [4.78, 5) is 5.92. The summed E-state index contributed by atoms with van der Waals surface area (Å²) < 4.78 is 7.28. The third-order valence-electron chi connectivity index (χ3n) is 5.33. The van der Waals surface area contributed by atoms with E-state index >= 15 is 0 Å². The first kappa shape index (κ1) is 22.0. The van der Waals surface area contributed by atoms with Crippen LogP contribution in [0.25, 0.3) is 16.6 Å². The van der Waals surface area contributed by atoms with E-state index in [4.69, 9.17) is 9.84 Å². The van der Waals surface area contributed by atoms with Crippen LogP contribution in [0.3, 0.4) is 0 Å². The van der Waals surface area contributed by atoms with E-state index in [1.165, 1.54) is 0 Å². The standard InChI is InChI=1S/C26H27N5O2/c1-17(2)27-16-30(4)24-13-12-19(14-25(24)32)28-23-11-7-10-22-18(3)31(29-26(22)23)20-8-6-9-21(15-20)33-5/h6-16,28,32H,1H2,2-5H3. The van der Waals surface area contributed by atoms with Crippen LogP contribution in [0.4, 0.5) is 17.1 Å². The SMILES string of the molecule is C=C(C)N=CN(C)c1ccc(Nc2cccc3c(C)n(-c4cccc(OC)c4)nc23)cc1O. The predicted octanol–water partition coefficient (Wildman–Crippen LogP) is 5.79. The second-order valence-corrected chi connectivity index (χ2v) is 7.82. The molecule has 0 spiro atoms. The van der Waals surface area contributed by atoms with E-state index in [2.05, 4.69) is 23.0 Å². The molecule has 168 valence electrons. The lowest BCUT2D eigenvalue weighted by Gasteiger charge is -2.16. The maximum Gasteiger partial charge on any atom is 0.141 e. The van der Waals surface area contributed by atoms with Gasteiger partial charge in [0.25, 0.3) is 0 Å². The molecule has 0 aliphatic rings. The number of phenols is 1. The van der Waals surface area contributed by atoms with Crippen LogP contribution in [0.5, 0.6) is 11.5 Å². The van der Waals surface area contributed by atoms with Crippen LogP contribution in [0.15, 0.2) is 77.9 Å². The zero-order valence-corrected chi connectivity index (χ0v) is 19.2. The minimum atomic E-state index is 0.140. The smallest absolute Gasteiger partial charge is 0.141 e. The molecule has 7 heteroatoms. The summed E-state index contributed by atoms with van der Waals surface area (Å²) in [5.74, 6) is 0.916. The number of benzene rings is 3. The van der Waals surface area contributed by atoms with Gasteiger partial charge in [0.05, 0.1) is 30.5 Å². The van der Waals surface area contributed by atoms with Gasteiger partial charge in [-0.3, -0.25) is 0 Å². The number of aromatic hydroxyl groups is 1. The van der Waals surface area contributed by atoms with E-state index < -0.39 is 0 Å². The van der Waals surface area contributed by atoms with E-state index in [9.17, 15) is 5.11 Å². The molecule has 0 amide bonds. The lowest BCUT2D eigenvalue weighted by atomic mass is 10.1. The van der Waals surface area contributed by atoms with Crippen LogP contribution in [-0.2, 0) is 0 Å². The van der Waals surface area contributed by atoms with Crippen molar-refractivity contribution in [2.24, 2.45) is 4.99 Å². The normalized spacial score (nSPS) is 11.2. The average Bonchev–Trinajstić information content (AvgIpc) is 3.15. The maximum absolute atomic E-state index is 10.6. The van der Waals surface area contributed by atoms with Crippen LogP contribution in [0, 0.1) is 6.92 Å². The molecule has 0 atom stereocenters. The number of nitrogens with one attached hydrogen (secondary N) is 1. The molecule has 0 aliphatic heterocycles. The van der Waals surface area contributed by atoms with Gasteiger partial charge in [0.1, 0.15) is 17.0 Å². The van der Waals surface area contributed by atoms with Gasteiger partial charge < -0.3 is 20.1 Å². The lowest BCUT2D eigenvalue weighted by molar-refractivity contribution is 0.414. The van der Waals surface area contributed by atoms with Crippen LogP contribution < -0.4 is 15.0 Å². The van der Waals surface area contributed by atoms with Gasteiger partial charge in [0.2, 0.25) is 0 Å². The largest absolute Gasteiger partial charge is 0.506 e. The number of ether oxygens (including phenoxy) is 1. The van der Waals surface area contributed by atoms with Crippen molar-refractivity contribution in [3.05, 3.63) is 78.6 Å². The average molecular weight is 442 g/mol. The number of aliphatic imine (C=N–C) groups is 1. The summed E-state index contributed by atoms with van der Waals surface area (Å²) in [5, 5.41) is 19.9.